The largest absolute Gasteiger partial charge is 0.444 e. The Labute approximate surface area is 250 Å². The van der Waals surface area contributed by atoms with Crippen LogP contribution in [0.4, 0.5) is 25.4 Å². The second-order valence-electron chi connectivity index (χ2n) is 11.7. The van der Waals surface area contributed by atoms with Gasteiger partial charge >= 0.3 is 12.2 Å². The molecule has 11 heteroatoms. The molecule has 0 aliphatic heterocycles. The van der Waals surface area contributed by atoms with Gasteiger partial charge < -0.3 is 30.7 Å². The van der Waals surface area contributed by atoms with Crippen LogP contribution in [0.25, 0.3) is 0 Å². The van der Waals surface area contributed by atoms with Gasteiger partial charge in [-0.2, -0.15) is 0 Å². The molecule has 0 aliphatic carbocycles. The van der Waals surface area contributed by atoms with E-state index in [9.17, 15) is 23.6 Å². The van der Waals surface area contributed by atoms with E-state index in [1.54, 1.807) is 90.1 Å². The van der Waals surface area contributed by atoms with E-state index < -0.39 is 41.0 Å². The molecular weight excluding hydrogens is 555 g/mol. The molecule has 0 radical (unpaired) electrons. The number of carbonyl (C=O) groups excluding carboxylic acids is 4. The molecule has 3 rings (SSSR count). The molecule has 0 spiro atoms. The van der Waals surface area contributed by atoms with Crippen LogP contribution in [0.15, 0.2) is 66.7 Å². The number of hydrogen-bond donors (Lipinski definition) is 4. The van der Waals surface area contributed by atoms with Crippen molar-refractivity contribution in [1.29, 1.82) is 0 Å². The Balaban J connectivity index is 1.52. The Kier molecular flexibility index (Phi) is 10.5. The van der Waals surface area contributed by atoms with Gasteiger partial charge in [0.05, 0.1) is 5.56 Å². The van der Waals surface area contributed by atoms with Crippen LogP contribution in [-0.4, -0.2) is 35.2 Å². The summed E-state index contributed by atoms with van der Waals surface area (Å²) >= 11 is 0. The van der Waals surface area contributed by atoms with E-state index in [1.165, 1.54) is 12.1 Å². The molecule has 0 aromatic heterocycles. The third kappa shape index (κ3) is 11.1. The van der Waals surface area contributed by atoms with Crippen LogP contribution in [0.5, 0.6) is 0 Å². The number of anilines is 2. The van der Waals surface area contributed by atoms with E-state index in [1.807, 2.05) is 0 Å². The molecule has 0 unspecified atom stereocenters. The maximum atomic E-state index is 14.8. The number of rotatable bonds is 8. The zero-order valence-corrected chi connectivity index (χ0v) is 25.1. The van der Waals surface area contributed by atoms with E-state index in [4.69, 9.17) is 9.47 Å². The molecule has 0 atom stereocenters. The van der Waals surface area contributed by atoms with Gasteiger partial charge in [0, 0.05) is 30.0 Å². The normalized spacial score (nSPS) is 11.2. The molecule has 43 heavy (non-hydrogen) atoms. The molecule has 0 aliphatic rings. The Morgan fingerprint density at radius 1 is 0.628 bits per heavy atom. The zero-order valence-electron chi connectivity index (χ0n) is 25.1. The predicted octanol–water partition coefficient (Wildman–Crippen LogP) is 6.38. The first-order chi connectivity index (χ1) is 20.1. The van der Waals surface area contributed by atoms with Crippen molar-refractivity contribution < 1.29 is 33.0 Å². The van der Waals surface area contributed by atoms with Gasteiger partial charge in [0.1, 0.15) is 17.0 Å². The van der Waals surface area contributed by atoms with Crippen LogP contribution in [0, 0.1) is 5.82 Å². The predicted molar refractivity (Wildman–Crippen MR) is 161 cm³/mol. The first kappa shape index (κ1) is 32.6. The van der Waals surface area contributed by atoms with Crippen LogP contribution in [0.3, 0.4) is 0 Å². The third-order valence-corrected chi connectivity index (χ3v) is 5.57. The van der Waals surface area contributed by atoms with Gasteiger partial charge in [-0.05, 0) is 95.1 Å². The van der Waals surface area contributed by atoms with Gasteiger partial charge in [-0.1, -0.05) is 24.3 Å². The Bertz CT molecular complexity index is 1460. The Morgan fingerprint density at radius 2 is 1.05 bits per heavy atom. The first-order valence-electron chi connectivity index (χ1n) is 13.6. The van der Waals surface area contributed by atoms with Crippen LogP contribution < -0.4 is 21.3 Å². The van der Waals surface area contributed by atoms with E-state index in [0.29, 0.717) is 11.4 Å². The summed E-state index contributed by atoms with van der Waals surface area (Å²) in [7, 11) is 0. The number of alkyl carbamates (subject to hydrolysis) is 2. The highest BCUT2D eigenvalue weighted by Crippen LogP contribution is 2.17. The van der Waals surface area contributed by atoms with Crippen LogP contribution >= 0.6 is 0 Å². The minimum Gasteiger partial charge on any atom is -0.444 e. The molecule has 4 N–H and O–H groups in total. The summed E-state index contributed by atoms with van der Waals surface area (Å²) < 4.78 is 25.2. The van der Waals surface area contributed by atoms with Crippen molar-refractivity contribution in [2.24, 2.45) is 0 Å². The highest BCUT2D eigenvalue weighted by molar-refractivity contribution is 6.07. The molecule has 0 heterocycles. The molecule has 3 aromatic carbocycles. The van der Waals surface area contributed by atoms with Crippen molar-refractivity contribution in [2.45, 2.75) is 65.8 Å². The summed E-state index contributed by atoms with van der Waals surface area (Å²) in [6.45, 7) is 11.1. The lowest BCUT2D eigenvalue weighted by Crippen LogP contribution is -2.32. The molecular formula is C32H37FN4O6. The summed E-state index contributed by atoms with van der Waals surface area (Å²) in [5, 5.41) is 10.6. The zero-order chi connectivity index (χ0) is 31.8. The number of halogens is 1. The minimum atomic E-state index is -0.855. The molecule has 0 saturated carbocycles. The number of carbonyl (C=O) groups is 4. The number of ether oxygens (including phenoxy) is 2. The summed E-state index contributed by atoms with van der Waals surface area (Å²) in [6, 6.07) is 17.0. The van der Waals surface area contributed by atoms with Crippen LogP contribution in [0.1, 0.15) is 73.4 Å². The van der Waals surface area contributed by atoms with Crippen molar-refractivity contribution in [3.63, 3.8) is 0 Å². The maximum absolute atomic E-state index is 14.8. The van der Waals surface area contributed by atoms with Gasteiger partial charge in [0.25, 0.3) is 11.8 Å². The number of nitrogens with one attached hydrogen (secondary N) is 4. The van der Waals surface area contributed by atoms with Gasteiger partial charge in [0.2, 0.25) is 0 Å². The topological polar surface area (TPSA) is 135 Å². The Hall–Kier alpha value is -4.93. The average Bonchev–Trinajstić information content (AvgIpc) is 2.90. The van der Waals surface area contributed by atoms with E-state index in [2.05, 4.69) is 21.3 Å². The summed E-state index contributed by atoms with van der Waals surface area (Å²) in [5.74, 6) is -2.09. The molecule has 0 fully saturated rings. The van der Waals surface area contributed by atoms with Crippen LogP contribution in [-0.2, 0) is 22.6 Å². The Morgan fingerprint density at radius 3 is 1.44 bits per heavy atom. The lowest BCUT2D eigenvalue weighted by atomic mass is 10.1. The molecule has 4 amide bonds. The second kappa shape index (κ2) is 13.8. The summed E-state index contributed by atoms with van der Waals surface area (Å²) in [6.07, 6.45) is -1.08. The van der Waals surface area contributed by atoms with Crippen molar-refractivity contribution in [3.8, 4) is 0 Å². The third-order valence-electron chi connectivity index (χ3n) is 5.57. The molecule has 3 aromatic rings. The number of benzene rings is 3. The van der Waals surface area contributed by atoms with Crippen molar-refractivity contribution in [3.05, 3.63) is 94.8 Å². The fraction of sp³-hybridized carbons (Fsp3) is 0.312. The van der Waals surface area contributed by atoms with Gasteiger partial charge in [-0.15, -0.1) is 0 Å². The first-order valence-corrected chi connectivity index (χ1v) is 13.6. The fourth-order valence-electron chi connectivity index (χ4n) is 3.63. The van der Waals surface area contributed by atoms with E-state index >= 15 is 0 Å². The van der Waals surface area contributed by atoms with Crippen molar-refractivity contribution in [1.82, 2.24) is 10.6 Å². The maximum Gasteiger partial charge on any atom is 0.407 e. The van der Waals surface area contributed by atoms with Gasteiger partial charge in [-0.3, -0.25) is 9.59 Å². The molecule has 10 nitrogen and oxygen atoms in total. The molecule has 228 valence electrons. The molecule has 0 bridgehead atoms. The highest BCUT2D eigenvalue weighted by atomic mass is 19.1. The fourth-order valence-corrected chi connectivity index (χ4v) is 3.63. The van der Waals surface area contributed by atoms with Crippen LogP contribution in [0.2, 0.25) is 0 Å². The monoisotopic (exact) mass is 592 g/mol. The van der Waals surface area contributed by atoms with E-state index in [-0.39, 0.29) is 24.2 Å². The lowest BCUT2D eigenvalue weighted by molar-refractivity contribution is 0.0512. The quantitative estimate of drug-likeness (QED) is 0.240. The number of amides is 4. The van der Waals surface area contributed by atoms with Gasteiger partial charge in [-0.25, -0.2) is 14.0 Å². The number of hydrogen-bond acceptors (Lipinski definition) is 6. The van der Waals surface area contributed by atoms with Gasteiger partial charge in [0.15, 0.2) is 0 Å². The smallest absolute Gasteiger partial charge is 0.407 e. The molecule has 0 saturated heterocycles. The highest BCUT2D eigenvalue weighted by Gasteiger charge is 2.18. The van der Waals surface area contributed by atoms with E-state index in [0.717, 1.165) is 17.2 Å². The minimum absolute atomic E-state index is 0.0339. The van der Waals surface area contributed by atoms with Crippen molar-refractivity contribution >= 4 is 35.4 Å². The average molecular weight is 593 g/mol. The standard InChI is InChI=1S/C32H37FN4O6/c1-31(2,3)42-29(40)34-18-20-7-12-23(13-8-20)36-27(38)22-11-16-25(26(33)17-22)28(39)37-24-14-9-21(10-15-24)19-35-30(41)43-32(4,5)6/h7-17H,18-19H2,1-6H3,(H,34,40)(H,35,41)(H,36,38)(H,37,39). The summed E-state index contributed by atoms with van der Waals surface area (Å²) in [4.78, 5) is 49.0. The lowest BCUT2D eigenvalue weighted by Gasteiger charge is -2.19. The summed E-state index contributed by atoms with van der Waals surface area (Å²) in [5.41, 5.74) is 1.06. The SMILES string of the molecule is CC(C)(C)OC(=O)NCc1ccc(NC(=O)c2ccc(C(=O)Nc3ccc(CNC(=O)OC(C)(C)C)cc3)c(F)c2)cc1. The second-order valence-corrected chi connectivity index (χ2v) is 11.7. The van der Waals surface area contributed by atoms with Crippen molar-refractivity contribution in [2.75, 3.05) is 10.6 Å².